The second-order valence-electron chi connectivity index (χ2n) is 8.72. The molecule has 9 heteroatoms. The number of benzene rings is 3. The fraction of sp³-hybridized carbons (Fsp3) is 0.143. The molecular weight excluding hydrogens is 469 g/mol. The number of ether oxygens (including phenoxy) is 1. The third-order valence-corrected chi connectivity index (χ3v) is 6.28. The first-order chi connectivity index (χ1) is 18.2. The molecule has 0 saturated heterocycles. The Morgan fingerprint density at radius 3 is 2.57 bits per heavy atom. The first kappa shape index (κ1) is 22.8. The van der Waals surface area contributed by atoms with Gasteiger partial charge in [-0.3, -0.25) is 4.57 Å². The molecule has 0 aliphatic heterocycles. The number of H-pyrrole nitrogens is 1. The van der Waals surface area contributed by atoms with E-state index in [1.54, 1.807) is 12.4 Å². The smallest absolute Gasteiger partial charge is 0.182 e. The van der Waals surface area contributed by atoms with E-state index in [0.29, 0.717) is 40.4 Å². The number of imidazole rings is 2. The molecular formula is C28H24FN7O. The van der Waals surface area contributed by atoms with Gasteiger partial charge in [0.15, 0.2) is 11.5 Å². The topological polar surface area (TPSA) is 93.5 Å². The van der Waals surface area contributed by atoms with Crippen LogP contribution in [-0.4, -0.2) is 35.6 Å². The van der Waals surface area contributed by atoms with Crippen LogP contribution >= 0.6 is 0 Å². The van der Waals surface area contributed by atoms with Crippen molar-refractivity contribution < 1.29 is 9.13 Å². The Balaban J connectivity index is 1.48. The molecule has 0 amide bonds. The number of aromatic nitrogens is 6. The highest BCUT2D eigenvalue weighted by Crippen LogP contribution is 2.32. The van der Waals surface area contributed by atoms with Gasteiger partial charge in [0.25, 0.3) is 0 Å². The highest BCUT2D eigenvalue weighted by molar-refractivity contribution is 5.82. The summed E-state index contributed by atoms with van der Waals surface area (Å²) in [6.45, 7) is 2.41. The summed E-state index contributed by atoms with van der Waals surface area (Å²) in [5, 5.41) is 3.52. The number of fused-ring (bicyclic) bond motifs is 2. The average molecular weight is 494 g/mol. The van der Waals surface area contributed by atoms with E-state index in [1.807, 2.05) is 72.2 Å². The van der Waals surface area contributed by atoms with Crippen molar-refractivity contribution >= 4 is 28.0 Å². The van der Waals surface area contributed by atoms with Gasteiger partial charge >= 0.3 is 0 Å². The largest absolute Gasteiger partial charge is 0.371 e. The van der Waals surface area contributed by atoms with E-state index in [9.17, 15) is 4.39 Å². The van der Waals surface area contributed by atoms with Crippen LogP contribution in [0.1, 0.15) is 24.4 Å². The van der Waals surface area contributed by atoms with Gasteiger partial charge in [0.05, 0.1) is 30.1 Å². The zero-order valence-corrected chi connectivity index (χ0v) is 20.0. The predicted octanol–water partition coefficient (Wildman–Crippen LogP) is 5.59. The Labute approximate surface area is 212 Å². The van der Waals surface area contributed by atoms with Gasteiger partial charge in [0.1, 0.15) is 29.5 Å². The second kappa shape index (κ2) is 9.79. The van der Waals surface area contributed by atoms with E-state index in [1.165, 1.54) is 18.5 Å². The summed E-state index contributed by atoms with van der Waals surface area (Å²) < 4.78 is 22.7. The average Bonchev–Trinajstić information content (AvgIpc) is 3.56. The molecule has 2 atom stereocenters. The number of para-hydroxylation sites is 1. The molecule has 0 radical (unpaired) electrons. The minimum atomic E-state index is -0.458. The molecule has 0 aliphatic rings. The lowest BCUT2D eigenvalue weighted by Gasteiger charge is -2.26. The molecule has 184 valence electrons. The maximum Gasteiger partial charge on any atom is 0.182 e. The van der Waals surface area contributed by atoms with Crippen LogP contribution in [0.3, 0.4) is 0 Å². The first-order valence-corrected chi connectivity index (χ1v) is 12.0. The van der Waals surface area contributed by atoms with Crippen molar-refractivity contribution in [3.63, 3.8) is 0 Å². The SMILES string of the molecule is C[C@@H](OCc1ccccc1)[C@H](Nc1ncnc2nc[nH]c12)c1nc2ccc(F)cc2n1-c1ccccc1. The van der Waals surface area contributed by atoms with Crippen LogP contribution in [-0.2, 0) is 11.3 Å². The zero-order chi connectivity index (χ0) is 25.2. The Hall–Kier alpha value is -4.63. The molecule has 6 rings (SSSR count). The first-order valence-electron chi connectivity index (χ1n) is 12.0. The van der Waals surface area contributed by atoms with Gasteiger partial charge in [0.2, 0.25) is 0 Å². The molecule has 0 unspecified atom stereocenters. The van der Waals surface area contributed by atoms with Gasteiger partial charge in [-0.15, -0.1) is 0 Å². The Morgan fingerprint density at radius 1 is 0.973 bits per heavy atom. The summed E-state index contributed by atoms with van der Waals surface area (Å²) in [5.74, 6) is 0.906. The Morgan fingerprint density at radius 2 is 1.76 bits per heavy atom. The van der Waals surface area contributed by atoms with Crippen molar-refractivity contribution in [3.05, 3.63) is 109 Å². The number of hydrogen-bond acceptors (Lipinski definition) is 6. The van der Waals surface area contributed by atoms with E-state index < -0.39 is 6.04 Å². The number of hydrogen-bond donors (Lipinski definition) is 2. The highest BCUT2D eigenvalue weighted by Gasteiger charge is 2.29. The minimum Gasteiger partial charge on any atom is -0.371 e. The van der Waals surface area contributed by atoms with Crippen LogP contribution in [0.5, 0.6) is 0 Å². The number of aromatic amines is 1. The van der Waals surface area contributed by atoms with Crippen LogP contribution in [0.2, 0.25) is 0 Å². The number of anilines is 1. The molecule has 6 aromatic rings. The van der Waals surface area contributed by atoms with E-state index >= 15 is 0 Å². The maximum atomic E-state index is 14.4. The monoisotopic (exact) mass is 493 g/mol. The quantitative estimate of drug-likeness (QED) is 0.287. The molecule has 3 heterocycles. The summed E-state index contributed by atoms with van der Waals surface area (Å²) in [6, 6.07) is 23.9. The highest BCUT2D eigenvalue weighted by atomic mass is 19.1. The van der Waals surface area contributed by atoms with Crippen LogP contribution in [0.15, 0.2) is 91.5 Å². The van der Waals surface area contributed by atoms with E-state index in [2.05, 4.69) is 25.3 Å². The molecule has 0 spiro atoms. The van der Waals surface area contributed by atoms with Gasteiger partial charge in [-0.05, 0) is 36.8 Å². The zero-order valence-electron chi connectivity index (χ0n) is 20.0. The molecule has 37 heavy (non-hydrogen) atoms. The fourth-order valence-corrected chi connectivity index (χ4v) is 4.44. The van der Waals surface area contributed by atoms with Gasteiger partial charge in [-0.1, -0.05) is 48.5 Å². The van der Waals surface area contributed by atoms with Gasteiger partial charge < -0.3 is 15.0 Å². The van der Waals surface area contributed by atoms with Gasteiger partial charge in [-0.2, -0.15) is 0 Å². The lowest BCUT2D eigenvalue weighted by molar-refractivity contribution is 0.0382. The lowest BCUT2D eigenvalue weighted by Crippen LogP contribution is -2.29. The molecule has 3 aromatic heterocycles. The molecule has 0 bridgehead atoms. The number of halogens is 1. The van der Waals surface area contributed by atoms with Crippen LogP contribution < -0.4 is 5.32 Å². The van der Waals surface area contributed by atoms with E-state index in [-0.39, 0.29) is 11.9 Å². The normalized spacial score (nSPS) is 13.1. The van der Waals surface area contributed by atoms with E-state index in [0.717, 1.165) is 11.3 Å². The molecule has 3 aromatic carbocycles. The second-order valence-corrected chi connectivity index (χ2v) is 8.72. The lowest BCUT2D eigenvalue weighted by atomic mass is 10.1. The van der Waals surface area contributed by atoms with Crippen molar-refractivity contribution in [2.75, 3.05) is 5.32 Å². The van der Waals surface area contributed by atoms with Crippen molar-refractivity contribution in [2.45, 2.75) is 25.7 Å². The Kier molecular flexibility index (Phi) is 6.03. The predicted molar refractivity (Wildman–Crippen MR) is 140 cm³/mol. The summed E-state index contributed by atoms with van der Waals surface area (Å²) in [4.78, 5) is 21.0. The molecule has 2 N–H and O–H groups in total. The van der Waals surface area contributed by atoms with Crippen molar-refractivity contribution in [1.82, 2.24) is 29.5 Å². The third kappa shape index (κ3) is 4.52. The molecule has 0 aliphatic carbocycles. The number of rotatable bonds is 8. The molecule has 8 nitrogen and oxygen atoms in total. The van der Waals surface area contributed by atoms with Gasteiger partial charge in [-0.25, -0.2) is 24.3 Å². The fourth-order valence-electron chi connectivity index (χ4n) is 4.44. The van der Waals surface area contributed by atoms with Crippen LogP contribution in [0, 0.1) is 5.82 Å². The van der Waals surface area contributed by atoms with Crippen molar-refractivity contribution in [2.24, 2.45) is 0 Å². The standard InChI is InChI=1S/C28H24FN7O/c1-18(37-15-19-8-4-2-5-9-19)24(35-27-25-26(31-16-30-25)32-17-33-27)28-34-22-13-12-20(29)14-23(22)36(28)21-10-6-3-7-11-21/h2-14,16-18,24H,15H2,1H3,(H2,30,31,32,33,35)/t18-,24+/m1/s1. The van der Waals surface area contributed by atoms with Gasteiger partial charge in [0, 0.05) is 11.8 Å². The third-order valence-electron chi connectivity index (χ3n) is 6.28. The molecule has 0 saturated carbocycles. The van der Waals surface area contributed by atoms with Crippen molar-refractivity contribution in [1.29, 1.82) is 0 Å². The minimum absolute atomic E-state index is 0.330. The number of nitrogens with one attached hydrogen (secondary N) is 2. The maximum absolute atomic E-state index is 14.4. The summed E-state index contributed by atoms with van der Waals surface area (Å²) in [7, 11) is 0. The van der Waals surface area contributed by atoms with E-state index in [4.69, 9.17) is 9.72 Å². The molecule has 0 fully saturated rings. The number of nitrogens with zero attached hydrogens (tertiary/aromatic N) is 5. The van der Waals surface area contributed by atoms with Crippen molar-refractivity contribution in [3.8, 4) is 5.69 Å². The summed E-state index contributed by atoms with van der Waals surface area (Å²) in [5.41, 5.74) is 4.49. The summed E-state index contributed by atoms with van der Waals surface area (Å²) >= 11 is 0. The van der Waals surface area contributed by atoms with Crippen LogP contribution in [0.4, 0.5) is 10.2 Å². The summed E-state index contributed by atoms with van der Waals surface area (Å²) in [6.07, 6.45) is 2.70. The Bertz CT molecular complexity index is 1650. The van der Waals surface area contributed by atoms with Crippen LogP contribution in [0.25, 0.3) is 27.9 Å².